The average Bonchev–Trinajstić information content (AvgIpc) is 3.09. The molecule has 1 aromatic carbocycles. The summed E-state index contributed by atoms with van der Waals surface area (Å²) < 4.78 is 37.7. The summed E-state index contributed by atoms with van der Waals surface area (Å²) in [6.45, 7) is 1.91. The summed E-state index contributed by atoms with van der Waals surface area (Å²) >= 11 is 0. The molecule has 0 unspecified atom stereocenters. The molecule has 1 aliphatic heterocycles. The Bertz CT molecular complexity index is 646. The molecule has 0 radical (unpaired) electrons. The molecule has 3 rings (SSSR count). The topological polar surface area (TPSA) is 41.1 Å². The van der Waals surface area contributed by atoms with Gasteiger partial charge < -0.3 is 10.6 Å². The van der Waals surface area contributed by atoms with Gasteiger partial charge >= 0.3 is 12.1 Å². The number of amides is 1. The zero-order chi connectivity index (χ0) is 17.2. The molecule has 130 valence electrons. The lowest BCUT2D eigenvalue weighted by Gasteiger charge is -2.24. The first-order chi connectivity index (χ1) is 11.4. The second-order valence-electron chi connectivity index (χ2n) is 6.40. The van der Waals surface area contributed by atoms with Crippen LogP contribution in [0.25, 0.3) is 5.57 Å². The van der Waals surface area contributed by atoms with E-state index in [-0.39, 0.29) is 5.69 Å². The summed E-state index contributed by atoms with van der Waals surface area (Å²) in [6.07, 6.45) is 1.99. The van der Waals surface area contributed by atoms with Crippen LogP contribution in [-0.4, -0.2) is 25.2 Å². The molecular weight excluding hydrogens is 317 g/mol. The Hall–Kier alpha value is -1.82. The van der Waals surface area contributed by atoms with Gasteiger partial charge in [0.1, 0.15) is 0 Å². The molecule has 2 N–H and O–H groups in total. The number of hydrogen-bond donors (Lipinski definition) is 2. The van der Waals surface area contributed by atoms with Gasteiger partial charge in [-0.05, 0) is 74.4 Å². The molecule has 0 saturated carbocycles. The van der Waals surface area contributed by atoms with E-state index in [0.29, 0.717) is 5.92 Å². The standard InChI is InChI=1S/C18H21F3N2O/c19-18(20,21)17(24)23-16-6-5-14(12-7-9-22-10-8-12)11-15(16)13-3-1-2-4-13/h3,5-6,11-12,22H,1-2,4,7-10H2,(H,23,24). The molecule has 24 heavy (non-hydrogen) atoms. The number of halogens is 3. The zero-order valence-corrected chi connectivity index (χ0v) is 13.4. The number of carbonyl (C=O) groups excluding carboxylic acids is 1. The highest BCUT2D eigenvalue weighted by molar-refractivity contribution is 5.97. The van der Waals surface area contributed by atoms with E-state index in [0.717, 1.165) is 61.9 Å². The molecule has 1 fully saturated rings. The largest absolute Gasteiger partial charge is 0.471 e. The number of nitrogens with one attached hydrogen (secondary N) is 2. The number of alkyl halides is 3. The highest BCUT2D eigenvalue weighted by atomic mass is 19.4. The Balaban J connectivity index is 1.91. The van der Waals surface area contributed by atoms with E-state index in [9.17, 15) is 18.0 Å². The fraction of sp³-hybridized carbons (Fsp3) is 0.500. The van der Waals surface area contributed by atoms with Gasteiger partial charge in [-0.2, -0.15) is 13.2 Å². The highest BCUT2D eigenvalue weighted by Gasteiger charge is 2.39. The molecule has 0 aromatic heterocycles. The Kier molecular flexibility index (Phi) is 4.94. The lowest BCUT2D eigenvalue weighted by Crippen LogP contribution is -2.30. The zero-order valence-electron chi connectivity index (χ0n) is 13.4. The van der Waals surface area contributed by atoms with Crippen LogP contribution in [0, 0.1) is 0 Å². The van der Waals surface area contributed by atoms with E-state index in [1.54, 1.807) is 6.07 Å². The summed E-state index contributed by atoms with van der Waals surface area (Å²) in [5.41, 5.74) is 3.16. The predicted octanol–water partition coefficient (Wildman–Crippen LogP) is 4.22. The quantitative estimate of drug-likeness (QED) is 0.866. The van der Waals surface area contributed by atoms with Crippen LogP contribution < -0.4 is 10.6 Å². The minimum absolute atomic E-state index is 0.253. The van der Waals surface area contributed by atoms with Gasteiger partial charge in [0.25, 0.3) is 0 Å². The molecule has 2 aliphatic rings. The smallest absolute Gasteiger partial charge is 0.318 e. The fourth-order valence-corrected chi connectivity index (χ4v) is 3.45. The summed E-state index contributed by atoms with van der Waals surface area (Å²) in [7, 11) is 0. The molecule has 0 bridgehead atoms. The number of piperidine rings is 1. The lowest BCUT2D eigenvalue weighted by molar-refractivity contribution is -0.167. The summed E-state index contributed by atoms with van der Waals surface area (Å²) in [5.74, 6) is -1.50. The van der Waals surface area contributed by atoms with Crippen LogP contribution >= 0.6 is 0 Å². The van der Waals surface area contributed by atoms with E-state index >= 15 is 0 Å². The third-order valence-corrected chi connectivity index (χ3v) is 4.75. The SMILES string of the molecule is O=C(Nc1ccc(C2CCNCC2)cc1C1=CCCC1)C(F)(F)F. The molecule has 1 aromatic rings. The van der Waals surface area contributed by atoms with Gasteiger partial charge in [-0.25, -0.2) is 0 Å². The van der Waals surface area contributed by atoms with Crippen molar-refractivity contribution in [2.24, 2.45) is 0 Å². The van der Waals surface area contributed by atoms with Gasteiger partial charge in [0.2, 0.25) is 0 Å². The lowest BCUT2D eigenvalue weighted by atomic mass is 9.87. The predicted molar refractivity (Wildman–Crippen MR) is 87.8 cm³/mol. The first kappa shape index (κ1) is 17.0. The average molecular weight is 338 g/mol. The van der Waals surface area contributed by atoms with E-state index in [1.807, 2.05) is 17.4 Å². The number of anilines is 1. The van der Waals surface area contributed by atoms with Crippen LogP contribution in [-0.2, 0) is 4.79 Å². The number of allylic oxidation sites excluding steroid dienone is 2. The van der Waals surface area contributed by atoms with Gasteiger partial charge in [-0.1, -0.05) is 12.1 Å². The second-order valence-corrected chi connectivity index (χ2v) is 6.40. The highest BCUT2D eigenvalue weighted by Crippen LogP contribution is 2.36. The first-order valence-electron chi connectivity index (χ1n) is 8.37. The van der Waals surface area contributed by atoms with Crippen molar-refractivity contribution < 1.29 is 18.0 Å². The fourth-order valence-electron chi connectivity index (χ4n) is 3.45. The van der Waals surface area contributed by atoms with Gasteiger partial charge in [0, 0.05) is 11.3 Å². The molecule has 0 spiro atoms. The molecule has 1 aliphatic carbocycles. The van der Waals surface area contributed by atoms with E-state index < -0.39 is 12.1 Å². The van der Waals surface area contributed by atoms with Crippen molar-refractivity contribution in [1.29, 1.82) is 0 Å². The Morgan fingerprint density at radius 2 is 1.96 bits per heavy atom. The van der Waals surface area contributed by atoms with Crippen molar-refractivity contribution in [3.63, 3.8) is 0 Å². The Morgan fingerprint density at radius 1 is 1.21 bits per heavy atom. The second kappa shape index (κ2) is 6.97. The summed E-state index contributed by atoms with van der Waals surface area (Å²) in [4.78, 5) is 11.3. The maximum absolute atomic E-state index is 12.6. The van der Waals surface area contributed by atoms with E-state index in [2.05, 4.69) is 11.4 Å². The summed E-state index contributed by atoms with van der Waals surface area (Å²) in [5, 5.41) is 5.36. The Morgan fingerprint density at radius 3 is 2.58 bits per heavy atom. The van der Waals surface area contributed by atoms with Crippen LogP contribution in [0.3, 0.4) is 0 Å². The minimum Gasteiger partial charge on any atom is -0.318 e. The molecule has 1 heterocycles. The van der Waals surface area contributed by atoms with Gasteiger partial charge in [-0.15, -0.1) is 0 Å². The van der Waals surface area contributed by atoms with E-state index in [4.69, 9.17) is 0 Å². The van der Waals surface area contributed by atoms with Crippen molar-refractivity contribution in [2.45, 2.75) is 44.2 Å². The molecule has 1 amide bonds. The number of hydrogen-bond acceptors (Lipinski definition) is 2. The van der Waals surface area contributed by atoms with Crippen LogP contribution in [0.15, 0.2) is 24.3 Å². The van der Waals surface area contributed by atoms with Crippen LogP contribution in [0.4, 0.5) is 18.9 Å². The van der Waals surface area contributed by atoms with Crippen molar-refractivity contribution >= 4 is 17.2 Å². The van der Waals surface area contributed by atoms with Crippen LogP contribution in [0.1, 0.15) is 49.1 Å². The maximum atomic E-state index is 12.6. The maximum Gasteiger partial charge on any atom is 0.471 e. The van der Waals surface area contributed by atoms with Gasteiger partial charge in [0.05, 0.1) is 0 Å². The third kappa shape index (κ3) is 3.80. The minimum atomic E-state index is -4.88. The normalized spacial score (nSPS) is 19.2. The molecular formula is C18H21F3N2O. The van der Waals surface area contributed by atoms with Crippen molar-refractivity contribution in [3.05, 3.63) is 35.4 Å². The van der Waals surface area contributed by atoms with Crippen molar-refractivity contribution in [1.82, 2.24) is 5.32 Å². The first-order valence-corrected chi connectivity index (χ1v) is 8.37. The van der Waals surface area contributed by atoms with E-state index in [1.165, 1.54) is 0 Å². The summed E-state index contributed by atoms with van der Waals surface area (Å²) in [6, 6.07) is 5.44. The molecule has 6 heteroatoms. The van der Waals surface area contributed by atoms with Crippen molar-refractivity contribution in [3.8, 4) is 0 Å². The number of benzene rings is 1. The number of rotatable bonds is 3. The Labute approximate surface area is 139 Å². The third-order valence-electron chi connectivity index (χ3n) is 4.75. The monoisotopic (exact) mass is 338 g/mol. The van der Waals surface area contributed by atoms with Gasteiger partial charge in [0.15, 0.2) is 0 Å². The van der Waals surface area contributed by atoms with Crippen molar-refractivity contribution in [2.75, 3.05) is 18.4 Å². The van der Waals surface area contributed by atoms with Crippen LogP contribution in [0.2, 0.25) is 0 Å². The van der Waals surface area contributed by atoms with Crippen LogP contribution in [0.5, 0.6) is 0 Å². The molecule has 1 saturated heterocycles. The van der Waals surface area contributed by atoms with Gasteiger partial charge in [-0.3, -0.25) is 4.79 Å². The molecule has 3 nitrogen and oxygen atoms in total. The number of carbonyl (C=O) groups is 1. The molecule has 0 atom stereocenters.